The van der Waals surface area contributed by atoms with Gasteiger partial charge in [0.1, 0.15) is 11.9 Å². The Kier molecular flexibility index (Phi) is 2.85. The maximum absolute atomic E-state index is 11.0. The molecule has 0 bridgehead atoms. The van der Waals surface area contributed by atoms with Gasteiger partial charge in [-0.2, -0.15) is 0 Å². The molecule has 0 aliphatic carbocycles. The Bertz CT molecular complexity index is 561. The summed E-state index contributed by atoms with van der Waals surface area (Å²) < 4.78 is 6.01. The molecule has 0 aromatic heterocycles. The van der Waals surface area contributed by atoms with Crippen molar-refractivity contribution in [2.75, 3.05) is 0 Å². The summed E-state index contributed by atoms with van der Waals surface area (Å²) >= 11 is 0. The number of ether oxygens (including phenoxy) is 1. The van der Waals surface area contributed by atoms with Crippen molar-refractivity contribution in [1.29, 1.82) is 0 Å². The second-order valence-corrected chi connectivity index (χ2v) is 4.51. The van der Waals surface area contributed by atoms with Gasteiger partial charge in [-0.25, -0.2) is 0 Å². The van der Waals surface area contributed by atoms with Crippen molar-refractivity contribution in [1.82, 2.24) is 0 Å². The van der Waals surface area contributed by atoms with E-state index in [1.54, 1.807) is 6.07 Å². The molecule has 2 heteroatoms. The predicted octanol–water partition coefficient (Wildman–Crippen LogP) is 3.57. The molecule has 1 unspecified atom stereocenters. The maximum Gasteiger partial charge on any atom is 0.153 e. The quantitative estimate of drug-likeness (QED) is 0.748. The van der Waals surface area contributed by atoms with Crippen LogP contribution in [0.25, 0.3) is 0 Å². The van der Waals surface area contributed by atoms with Gasteiger partial charge >= 0.3 is 0 Å². The minimum absolute atomic E-state index is 0.0554. The van der Waals surface area contributed by atoms with Crippen LogP contribution >= 0.6 is 0 Å². The van der Waals surface area contributed by atoms with Crippen LogP contribution in [0.4, 0.5) is 0 Å². The standard InChI is InChI=1S/C16H14O2/c17-11-14-8-4-7-13-9-10-15(18-16(13)14)12-5-2-1-3-6-12/h1-8,11,15H,9-10H2. The molecule has 0 saturated carbocycles. The summed E-state index contributed by atoms with van der Waals surface area (Å²) in [4.78, 5) is 11.0. The molecule has 0 saturated heterocycles. The molecule has 1 atom stereocenters. The van der Waals surface area contributed by atoms with E-state index in [4.69, 9.17) is 4.74 Å². The van der Waals surface area contributed by atoms with E-state index in [-0.39, 0.29) is 6.10 Å². The largest absolute Gasteiger partial charge is 0.485 e. The van der Waals surface area contributed by atoms with E-state index in [1.165, 1.54) is 5.56 Å². The van der Waals surface area contributed by atoms with E-state index in [2.05, 4.69) is 12.1 Å². The van der Waals surface area contributed by atoms with E-state index < -0.39 is 0 Å². The van der Waals surface area contributed by atoms with Crippen LogP contribution in [0, 0.1) is 0 Å². The van der Waals surface area contributed by atoms with Crippen molar-refractivity contribution in [3.63, 3.8) is 0 Å². The zero-order chi connectivity index (χ0) is 12.4. The zero-order valence-electron chi connectivity index (χ0n) is 10.0. The number of rotatable bonds is 2. The fourth-order valence-electron chi connectivity index (χ4n) is 2.43. The van der Waals surface area contributed by atoms with Crippen LogP contribution < -0.4 is 4.74 Å². The highest BCUT2D eigenvalue weighted by Gasteiger charge is 2.22. The van der Waals surface area contributed by atoms with Crippen LogP contribution in [0.1, 0.15) is 34.0 Å². The number of para-hydroxylation sites is 1. The fraction of sp³-hybridized carbons (Fsp3) is 0.188. The summed E-state index contributed by atoms with van der Waals surface area (Å²) in [6, 6.07) is 15.9. The van der Waals surface area contributed by atoms with Crippen molar-refractivity contribution in [2.24, 2.45) is 0 Å². The molecule has 1 heterocycles. The number of aryl methyl sites for hydroxylation is 1. The van der Waals surface area contributed by atoms with Gasteiger partial charge in [0.2, 0.25) is 0 Å². The smallest absolute Gasteiger partial charge is 0.153 e. The van der Waals surface area contributed by atoms with E-state index in [1.807, 2.05) is 30.3 Å². The van der Waals surface area contributed by atoms with Crippen LogP contribution in [0.3, 0.4) is 0 Å². The summed E-state index contributed by atoms with van der Waals surface area (Å²) in [5.74, 6) is 0.757. The number of carbonyl (C=O) groups is 1. The third-order valence-electron chi connectivity index (χ3n) is 3.36. The van der Waals surface area contributed by atoms with E-state index >= 15 is 0 Å². The number of aldehydes is 1. The Morgan fingerprint density at radius 2 is 1.89 bits per heavy atom. The number of benzene rings is 2. The number of fused-ring (bicyclic) bond motifs is 1. The SMILES string of the molecule is O=Cc1cccc2c1OC(c1ccccc1)CC2. The lowest BCUT2D eigenvalue weighted by molar-refractivity contribution is 0.111. The Balaban J connectivity index is 1.95. The normalized spacial score (nSPS) is 17.7. The first-order valence-corrected chi connectivity index (χ1v) is 6.17. The third-order valence-corrected chi connectivity index (χ3v) is 3.36. The van der Waals surface area contributed by atoms with Gasteiger partial charge in [-0.05, 0) is 30.0 Å². The van der Waals surface area contributed by atoms with Gasteiger partial charge in [-0.15, -0.1) is 0 Å². The predicted molar refractivity (Wildman–Crippen MR) is 70.0 cm³/mol. The molecule has 0 amide bonds. The second-order valence-electron chi connectivity index (χ2n) is 4.51. The molecule has 0 fully saturated rings. The molecule has 1 aliphatic heterocycles. The number of hydrogen-bond acceptors (Lipinski definition) is 2. The van der Waals surface area contributed by atoms with Crippen molar-refractivity contribution >= 4 is 6.29 Å². The lowest BCUT2D eigenvalue weighted by atomic mass is 9.96. The molecule has 2 aromatic rings. The van der Waals surface area contributed by atoms with E-state index in [9.17, 15) is 4.79 Å². The highest BCUT2D eigenvalue weighted by molar-refractivity contribution is 5.80. The first-order valence-electron chi connectivity index (χ1n) is 6.17. The summed E-state index contributed by atoms with van der Waals surface area (Å²) in [7, 11) is 0. The molecule has 3 rings (SSSR count). The summed E-state index contributed by atoms with van der Waals surface area (Å²) in [6.45, 7) is 0. The highest BCUT2D eigenvalue weighted by Crippen LogP contribution is 2.36. The molecule has 1 aliphatic rings. The van der Waals surface area contributed by atoms with Crippen molar-refractivity contribution < 1.29 is 9.53 Å². The van der Waals surface area contributed by atoms with Crippen molar-refractivity contribution in [2.45, 2.75) is 18.9 Å². The van der Waals surface area contributed by atoms with Crippen LogP contribution in [0.15, 0.2) is 48.5 Å². The monoisotopic (exact) mass is 238 g/mol. The summed E-state index contributed by atoms with van der Waals surface area (Å²) in [5.41, 5.74) is 2.95. The maximum atomic E-state index is 11.0. The molecule has 0 spiro atoms. The van der Waals surface area contributed by atoms with Gasteiger partial charge < -0.3 is 4.74 Å². The van der Waals surface area contributed by atoms with Crippen LogP contribution in [0.2, 0.25) is 0 Å². The fourth-order valence-corrected chi connectivity index (χ4v) is 2.43. The van der Waals surface area contributed by atoms with Crippen molar-refractivity contribution in [3.05, 3.63) is 65.2 Å². The molecule has 2 aromatic carbocycles. The average molecular weight is 238 g/mol. The number of carbonyl (C=O) groups excluding carboxylic acids is 1. The van der Waals surface area contributed by atoms with Gasteiger partial charge in [0.05, 0.1) is 5.56 Å². The lowest BCUT2D eigenvalue weighted by Gasteiger charge is -2.27. The number of hydrogen-bond donors (Lipinski definition) is 0. The molecular weight excluding hydrogens is 224 g/mol. The van der Waals surface area contributed by atoms with Crippen LogP contribution in [-0.4, -0.2) is 6.29 Å². The first kappa shape index (κ1) is 11.0. The molecule has 18 heavy (non-hydrogen) atoms. The van der Waals surface area contributed by atoms with Crippen LogP contribution in [0.5, 0.6) is 5.75 Å². The van der Waals surface area contributed by atoms with Gasteiger partial charge in [-0.1, -0.05) is 42.5 Å². The van der Waals surface area contributed by atoms with E-state index in [0.29, 0.717) is 5.56 Å². The minimum atomic E-state index is 0.0554. The van der Waals surface area contributed by atoms with Gasteiger partial charge in [0.15, 0.2) is 6.29 Å². The Morgan fingerprint density at radius 1 is 1.06 bits per heavy atom. The van der Waals surface area contributed by atoms with Crippen LogP contribution in [-0.2, 0) is 6.42 Å². The van der Waals surface area contributed by atoms with Gasteiger partial charge in [0.25, 0.3) is 0 Å². The first-order chi connectivity index (χ1) is 8.88. The minimum Gasteiger partial charge on any atom is -0.485 e. The molecule has 0 N–H and O–H groups in total. The van der Waals surface area contributed by atoms with Crippen molar-refractivity contribution in [3.8, 4) is 5.75 Å². The zero-order valence-corrected chi connectivity index (χ0v) is 10.0. The highest BCUT2D eigenvalue weighted by atomic mass is 16.5. The second kappa shape index (κ2) is 4.65. The third kappa shape index (κ3) is 1.90. The summed E-state index contributed by atoms with van der Waals surface area (Å²) in [6.07, 6.45) is 2.84. The van der Waals surface area contributed by atoms with Gasteiger partial charge in [-0.3, -0.25) is 4.79 Å². The molecule has 90 valence electrons. The average Bonchev–Trinajstić information content (AvgIpc) is 2.47. The molecule has 2 nitrogen and oxygen atoms in total. The Labute approximate surface area is 106 Å². The van der Waals surface area contributed by atoms with E-state index in [0.717, 1.165) is 30.4 Å². The Morgan fingerprint density at radius 3 is 2.67 bits per heavy atom. The summed E-state index contributed by atoms with van der Waals surface area (Å²) in [5, 5.41) is 0. The van der Waals surface area contributed by atoms with Gasteiger partial charge in [0, 0.05) is 0 Å². The lowest BCUT2D eigenvalue weighted by Crippen LogP contribution is -2.16. The Hall–Kier alpha value is -2.09. The molecular formula is C16H14O2. The topological polar surface area (TPSA) is 26.3 Å². The molecule has 0 radical (unpaired) electrons.